The van der Waals surface area contributed by atoms with Crippen molar-refractivity contribution in [1.29, 1.82) is 0 Å². The first kappa shape index (κ1) is 23.2. The fourth-order valence-corrected chi connectivity index (χ4v) is 4.03. The smallest absolute Gasteiger partial charge is 0.337 e. The van der Waals surface area contributed by atoms with Crippen LogP contribution in [0, 0.1) is 0 Å². The van der Waals surface area contributed by atoms with Crippen LogP contribution in [0.4, 0.5) is 5.69 Å². The van der Waals surface area contributed by atoms with Gasteiger partial charge >= 0.3 is 5.97 Å². The molecule has 2 aromatic rings. The first-order valence-electron chi connectivity index (χ1n) is 9.73. The van der Waals surface area contributed by atoms with E-state index in [-0.39, 0.29) is 0 Å². The molecule has 0 aromatic heterocycles. The zero-order chi connectivity index (χ0) is 23.4. The fourth-order valence-electron chi connectivity index (χ4n) is 3.67. The van der Waals surface area contributed by atoms with Gasteiger partial charge in [-0.25, -0.2) is 4.79 Å². The normalized spacial score (nSPS) is 15.8. The molecular formula is C23H26N2O6S. The molecule has 3 rings (SSSR count). The van der Waals surface area contributed by atoms with E-state index in [0.29, 0.717) is 44.9 Å². The van der Waals surface area contributed by atoms with Crippen molar-refractivity contribution in [3.8, 4) is 23.0 Å². The number of nitrogens with zero attached hydrogens (tertiary/aromatic N) is 1. The molecule has 0 amide bonds. The van der Waals surface area contributed by atoms with Gasteiger partial charge in [-0.05, 0) is 49.5 Å². The predicted octanol–water partition coefficient (Wildman–Crippen LogP) is 3.60. The van der Waals surface area contributed by atoms with Crippen molar-refractivity contribution in [3.63, 3.8) is 0 Å². The van der Waals surface area contributed by atoms with E-state index in [0.717, 1.165) is 5.69 Å². The van der Waals surface area contributed by atoms with E-state index in [9.17, 15) is 4.79 Å². The average Bonchev–Trinajstić information content (AvgIpc) is 2.82. The van der Waals surface area contributed by atoms with Gasteiger partial charge in [0, 0.05) is 23.0 Å². The average molecular weight is 459 g/mol. The first-order chi connectivity index (χ1) is 15.4. The number of methoxy groups -OCH3 is 5. The number of hydrogen-bond acceptors (Lipinski definition) is 7. The number of allylic oxidation sites excluding steroid dienone is 1. The van der Waals surface area contributed by atoms with Crippen molar-refractivity contribution >= 4 is 29.0 Å². The molecule has 0 saturated carbocycles. The first-order valence-corrected chi connectivity index (χ1v) is 10.1. The van der Waals surface area contributed by atoms with E-state index in [1.54, 1.807) is 45.5 Å². The molecule has 170 valence electrons. The molecule has 9 heteroatoms. The van der Waals surface area contributed by atoms with Crippen LogP contribution < -0.4 is 29.2 Å². The number of benzene rings is 2. The van der Waals surface area contributed by atoms with Gasteiger partial charge in [0.25, 0.3) is 0 Å². The lowest BCUT2D eigenvalue weighted by Crippen LogP contribution is -2.48. The SMILES string of the molecule is COC(=O)C1=C(C)N(c2ccc(OC)cc2)C(=S)NC1c1cc(OC)c(OC)cc1OC. The summed E-state index contributed by atoms with van der Waals surface area (Å²) in [5, 5.41) is 3.68. The number of carbonyl (C=O) groups is 1. The van der Waals surface area contributed by atoms with Crippen molar-refractivity contribution in [2.75, 3.05) is 40.4 Å². The lowest BCUT2D eigenvalue weighted by atomic mass is 9.93. The Hall–Kier alpha value is -3.46. The van der Waals surface area contributed by atoms with E-state index in [1.165, 1.54) is 7.11 Å². The number of carbonyl (C=O) groups excluding carboxylic acids is 1. The highest BCUT2D eigenvalue weighted by Crippen LogP contribution is 2.42. The van der Waals surface area contributed by atoms with Crippen LogP contribution >= 0.6 is 12.2 Å². The summed E-state index contributed by atoms with van der Waals surface area (Å²) in [6, 6.07) is 10.2. The van der Waals surface area contributed by atoms with Gasteiger partial charge in [-0.1, -0.05) is 0 Å². The largest absolute Gasteiger partial charge is 0.497 e. The summed E-state index contributed by atoms with van der Waals surface area (Å²) in [4.78, 5) is 14.7. The molecule has 0 spiro atoms. The van der Waals surface area contributed by atoms with E-state index in [2.05, 4.69) is 5.32 Å². The monoisotopic (exact) mass is 458 g/mol. The third kappa shape index (κ3) is 4.16. The molecule has 1 atom stereocenters. The van der Waals surface area contributed by atoms with Crippen LogP contribution in [-0.4, -0.2) is 46.6 Å². The molecule has 0 saturated heterocycles. The predicted molar refractivity (Wildman–Crippen MR) is 125 cm³/mol. The number of anilines is 1. The number of thiocarbonyl (C=S) groups is 1. The van der Waals surface area contributed by atoms with E-state index in [4.69, 9.17) is 35.9 Å². The maximum atomic E-state index is 12.9. The number of nitrogens with one attached hydrogen (secondary N) is 1. The highest BCUT2D eigenvalue weighted by atomic mass is 32.1. The van der Waals surface area contributed by atoms with Crippen molar-refractivity contribution in [2.45, 2.75) is 13.0 Å². The minimum Gasteiger partial charge on any atom is -0.497 e. The van der Waals surface area contributed by atoms with Gasteiger partial charge in [0.2, 0.25) is 0 Å². The standard InChI is InChI=1S/C23H26N2O6S/c1-13-20(22(26)31-6)21(16-11-18(29-4)19(30-5)12-17(16)28-3)24-23(32)25(13)14-7-9-15(27-2)10-8-14/h7-12,21H,1-6H3,(H,24,32). The Bertz CT molecular complexity index is 1050. The van der Waals surface area contributed by atoms with Crippen LogP contribution in [0.2, 0.25) is 0 Å². The summed E-state index contributed by atoms with van der Waals surface area (Å²) in [7, 11) is 7.58. The summed E-state index contributed by atoms with van der Waals surface area (Å²) < 4.78 is 26.8. The fraction of sp³-hybridized carbons (Fsp3) is 0.304. The molecule has 1 heterocycles. The highest BCUT2D eigenvalue weighted by Gasteiger charge is 2.37. The maximum Gasteiger partial charge on any atom is 0.337 e. The molecule has 0 aliphatic carbocycles. The van der Waals surface area contributed by atoms with Gasteiger partial charge in [0.1, 0.15) is 11.5 Å². The van der Waals surface area contributed by atoms with Gasteiger partial charge in [-0.3, -0.25) is 4.90 Å². The topological polar surface area (TPSA) is 78.5 Å². The molecule has 0 bridgehead atoms. The second-order valence-electron chi connectivity index (χ2n) is 6.86. The summed E-state index contributed by atoms with van der Waals surface area (Å²) in [5.74, 6) is 1.74. The second-order valence-corrected chi connectivity index (χ2v) is 7.24. The molecule has 1 aliphatic rings. The highest BCUT2D eigenvalue weighted by molar-refractivity contribution is 7.80. The molecule has 1 N–H and O–H groups in total. The Balaban J connectivity index is 2.18. The van der Waals surface area contributed by atoms with E-state index < -0.39 is 12.0 Å². The van der Waals surface area contributed by atoms with Gasteiger partial charge in [-0.15, -0.1) is 0 Å². The van der Waals surface area contributed by atoms with Gasteiger partial charge in [0.05, 0.1) is 47.2 Å². The zero-order valence-electron chi connectivity index (χ0n) is 18.8. The third-order valence-electron chi connectivity index (χ3n) is 5.27. The molecule has 0 radical (unpaired) electrons. The second kappa shape index (κ2) is 9.78. The molecule has 0 fully saturated rings. The lowest BCUT2D eigenvalue weighted by molar-refractivity contribution is -0.136. The van der Waals surface area contributed by atoms with Crippen molar-refractivity contribution in [2.24, 2.45) is 0 Å². The Kier molecular flexibility index (Phi) is 7.09. The Morgan fingerprint density at radius 3 is 2.03 bits per heavy atom. The lowest BCUT2D eigenvalue weighted by Gasteiger charge is -2.37. The number of ether oxygens (including phenoxy) is 5. The van der Waals surface area contributed by atoms with Gasteiger partial charge in [-0.2, -0.15) is 0 Å². The number of hydrogen-bond donors (Lipinski definition) is 1. The Morgan fingerprint density at radius 1 is 0.906 bits per heavy atom. The molecule has 1 unspecified atom stereocenters. The van der Waals surface area contributed by atoms with Crippen LogP contribution in [0.25, 0.3) is 0 Å². The molecule has 8 nitrogen and oxygen atoms in total. The minimum absolute atomic E-state index is 0.391. The molecule has 32 heavy (non-hydrogen) atoms. The summed E-state index contributed by atoms with van der Waals surface area (Å²) in [6.45, 7) is 1.82. The maximum absolute atomic E-state index is 12.9. The molecular weight excluding hydrogens is 432 g/mol. The number of rotatable bonds is 7. The van der Waals surface area contributed by atoms with Crippen LogP contribution in [0.3, 0.4) is 0 Å². The number of esters is 1. The van der Waals surface area contributed by atoms with Crippen LogP contribution in [-0.2, 0) is 9.53 Å². The Labute approximate surface area is 192 Å². The van der Waals surface area contributed by atoms with Crippen molar-refractivity contribution in [3.05, 3.63) is 53.2 Å². The Morgan fingerprint density at radius 2 is 1.50 bits per heavy atom. The van der Waals surface area contributed by atoms with Crippen molar-refractivity contribution in [1.82, 2.24) is 5.32 Å². The summed E-state index contributed by atoms with van der Waals surface area (Å²) in [6.07, 6.45) is 0. The van der Waals surface area contributed by atoms with Crippen molar-refractivity contribution < 1.29 is 28.5 Å². The summed E-state index contributed by atoms with van der Waals surface area (Å²) in [5.41, 5.74) is 2.46. The molecule has 1 aliphatic heterocycles. The molecule has 2 aromatic carbocycles. The van der Waals surface area contributed by atoms with Crippen LogP contribution in [0.5, 0.6) is 23.0 Å². The van der Waals surface area contributed by atoms with Crippen LogP contribution in [0.1, 0.15) is 18.5 Å². The zero-order valence-corrected chi connectivity index (χ0v) is 19.7. The van der Waals surface area contributed by atoms with E-state index in [1.807, 2.05) is 31.2 Å². The van der Waals surface area contributed by atoms with Gasteiger partial charge in [0.15, 0.2) is 16.6 Å². The van der Waals surface area contributed by atoms with E-state index >= 15 is 0 Å². The quantitative estimate of drug-likeness (QED) is 0.494. The minimum atomic E-state index is -0.626. The third-order valence-corrected chi connectivity index (χ3v) is 5.57. The summed E-state index contributed by atoms with van der Waals surface area (Å²) >= 11 is 5.69. The van der Waals surface area contributed by atoms with Gasteiger partial charge < -0.3 is 29.0 Å². The van der Waals surface area contributed by atoms with Crippen LogP contribution in [0.15, 0.2) is 47.7 Å².